The number of pyridine rings is 1. The number of nitrogens with one attached hydrogen (secondary N) is 1. The molecule has 0 radical (unpaired) electrons. The number of anilines is 1. The Kier molecular flexibility index (Phi) is 3.28. The third-order valence-corrected chi connectivity index (χ3v) is 2.84. The van der Waals surface area contributed by atoms with Crippen LogP contribution in [0, 0.1) is 0 Å². The Bertz CT molecular complexity index is 527. The molecule has 1 aromatic carbocycles. The Balaban J connectivity index is 2.37. The predicted molar refractivity (Wildman–Crippen MR) is 70.8 cm³/mol. The fourth-order valence-corrected chi connectivity index (χ4v) is 1.72. The van der Waals surface area contributed by atoms with E-state index in [1.165, 1.54) is 0 Å². The molecule has 1 aromatic heterocycles. The van der Waals surface area contributed by atoms with E-state index in [-0.39, 0.29) is 0 Å². The number of nitrogens with zero attached hydrogens (tertiary/aromatic N) is 1. The largest absolute Gasteiger partial charge is 0.367 e. The summed E-state index contributed by atoms with van der Waals surface area (Å²) < 4.78 is 0. The topological polar surface area (TPSA) is 68.0 Å². The fraction of sp³-hybridized carbons (Fsp3) is 0.143. The molecule has 0 bridgehead atoms. The lowest BCUT2D eigenvalue weighted by atomic mass is 9.95. The number of carbonyl (C=O) groups excluding carboxylic acids is 1. The van der Waals surface area contributed by atoms with Gasteiger partial charge in [-0.2, -0.15) is 0 Å². The molecule has 92 valence electrons. The lowest BCUT2D eigenvalue weighted by Gasteiger charge is -2.27. The van der Waals surface area contributed by atoms with E-state index in [0.717, 1.165) is 5.69 Å². The van der Waals surface area contributed by atoms with Crippen molar-refractivity contribution in [2.24, 2.45) is 5.73 Å². The molecule has 0 aliphatic carbocycles. The Morgan fingerprint density at radius 2 is 1.83 bits per heavy atom. The van der Waals surface area contributed by atoms with Crippen molar-refractivity contribution in [3.63, 3.8) is 0 Å². The predicted octanol–water partition coefficient (Wildman–Crippen LogP) is 1.89. The van der Waals surface area contributed by atoms with Crippen LogP contribution in [0.25, 0.3) is 0 Å². The molecule has 1 heterocycles. The first-order chi connectivity index (χ1) is 8.63. The molecule has 2 aromatic rings. The van der Waals surface area contributed by atoms with Gasteiger partial charge in [0.15, 0.2) is 5.54 Å². The van der Waals surface area contributed by atoms with Crippen LogP contribution in [-0.2, 0) is 10.3 Å². The van der Waals surface area contributed by atoms with Crippen LogP contribution in [0.1, 0.15) is 12.6 Å². The normalized spacial score (nSPS) is 13.6. The number of primary amides is 1. The van der Waals surface area contributed by atoms with Gasteiger partial charge in [-0.15, -0.1) is 0 Å². The highest BCUT2D eigenvalue weighted by atomic mass is 16.1. The summed E-state index contributed by atoms with van der Waals surface area (Å²) >= 11 is 0. The SMILES string of the molecule is CC(Nc1ccccc1)(C(N)=O)c1ccccn1. The van der Waals surface area contributed by atoms with Crippen LogP contribution in [0.3, 0.4) is 0 Å². The molecule has 0 aliphatic rings. The van der Waals surface area contributed by atoms with Crippen molar-refractivity contribution < 1.29 is 4.79 Å². The quantitative estimate of drug-likeness (QED) is 0.859. The van der Waals surface area contributed by atoms with Gasteiger partial charge in [0, 0.05) is 11.9 Å². The minimum atomic E-state index is -1.03. The van der Waals surface area contributed by atoms with Crippen molar-refractivity contribution in [2.45, 2.75) is 12.5 Å². The zero-order valence-electron chi connectivity index (χ0n) is 10.1. The van der Waals surface area contributed by atoms with Crippen LogP contribution < -0.4 is 11.1 Å². The van der Waals surface area contributed by atoms with Crippen LogP contribution >= 0.6 is 0 Å². The zero-order valence-corrected chi connectivity index (χ0v) is 10.1. The number of benzene rings is 1. The Morgan fingerprint density at radius 1 is 1.17 bits per heavy atom. The molecule has 3 N–H and O–H groups in total. The van der Waals surface area contributed by atoms with E-state index in [1.54, 1.807) is 25.3 Å². The lowest BCUT2D eigenvalue weighted by Crippen LogP contribution is -2.45. The van der Waals surface area contributed by atoms with Crippen molar-refractivity contribution >= 4 is 11.6 Å². The molecule has 1 atom stereocenters. The fourth-order valence-electron chi connectivity index (χ4n) is 1.72. The summed E-state index contributed by atoms with van der Waals surface area (Å²) in [6.07, 6.45) is 1.64. The second-order valence-corrected chi connectivity index (χ2v) is 4.20. The minimum Gasteiger partial charge on any atom is -0.367 e. The van der Waals surface area contributed by atoms with Gasteiger partial charge in [-0.3, -0.25) is 9.78 Å². The highest BCUT2D eigenvalue weighted by Gasteiger charge is 2.34. The highest BCUT2D eigenvalue weighted by molar-refractivity contribution is 5.88. The van der Waals surface area contributed by atoms with Crippen molar-refractivity contribution in [1.82, 2.24) is 4.98 Å². The maximum atomic E-state index is 11.7. The second-order valence-electron chi connectivity index (χ2n) is 4.20. The number of nitrogens with two attached hydrogens (primary N) is 1. The van der Waals surface area contributed by atoms with Crippen LogP contribution in [0.15, 0.2) is 54.7 Å². The van der Waals surface area contributed by atoms with E-state index in [4.69, 9.17) is 5.73 Å². The van der Waals surface area contributed by atoms with E-state index < -0.39 is 11.4 Å². The first-order valence-corrected chi connectivity index (χ1v) is 5.67. The maximum absolute atomic E-state index is 11.7. The summed E-state index contributed by atoms with van der Waals surface area (Å²) in [4.78, 5) is 16.0. The monoisotopic (exact) mass is 241 g/mol. The molecule has 1 amide bonds. The van der Waals surface area contributed by atoms with Crippen molar-refractivity contribution in [2.75, 3.05) is 5.32 Å². The molecule has 4 heteroatoms. The number of carbonyl (C=O) groups is 1. The van der Waals surface area contributed by atoms with Gasteiger partial charge in [0.1, 0.15) is 0 Å². The summed E-state index contributed by atoms with van der Waals surface area (Å²) in [7, 11) is 0. The molecule has 0 saturated carbocycles. The van der Waals surface area contributed by atoms with Crippen LogP contribution in [0.2, 0.25) is 0 Å². The van der Waals surface area contributed by atoms with Gasteiger partial charge in [0.2, 0.25) is 5.91 Å². The van der Waals surface area contributed by atoms with Gasteiger partial charge in [-0.1, -0.05) is 24.3 Å². The van der Waals surface area contributed by atoms with Crippen LogP contribution in [0.5, 0.6) is 0 Å². The Hall–Kier alpha value is -2.36. The van der Waals surface area contributed by atoms with Gasteiger partial charge in [0.25, 0.3) is 0 Å². The molecule has 4 nitrogen and oxygen atoms in total. The average molecular weight is 241 g/mol. The molecule has 18 heavy (non-hydrogen) atoms. The van der Waals surface area contributed by atoms with Crippen molar-refractivity contribution in [1.29, 1.82) is 0 Å². The second kappa shape index (κ2) is 4.87. The number of aromatic nitrogens is 1. The first-order valence-electron chi connectivity index (χ1n) is 5.67. The minimum absolute atomic E-state index is 0.468. The Labute approximate surface area is 106 Å². The molecular weight excluding hydrogens is 226 g/mol. The Morgan fingerprint density at radius 3 is 2.39 bits per heavy atom. The van der Waals surface area contributed by atoms with E-state index >= 15 is 0 Å². The van der Waals surface area contributed by atoms with E-state index in [0.29, 0.717) is 5.69 Å². The van der Waals surface area contributed by atoms with Gasteiger partial charge >= 0.3 is 0 Å². The molecule has 0 spiro atoms. The van der Waals surface area contributed by atoms with Gasteiger partial charge in [0.05, 0.1) is 5.69 Å². The van der Waals surface area contributed by atoms with Gasteiger partial charge in [-0.25, -0.2) is 0 Å². The number of amides is 1. The first kappa shape index (κ1) is 12.1. The third-order valence-electron chi connectivity index (χ3n) is 2.84. The standard InChI is InChI=1S/C14H15N3O/c1-14(13(15)18,12-9-5-6-10-16-12)17-11-7-3-2-4-8-11/h2-10,17H,1H3,(H2,15,18). The smallest absolute Gasteiger partial charge is 0.249 e. The molecular formula is C14H15N3O. The summed E-state index contributed by atoms with van der Waals surface area (Å²) in [6.45, 7) is 1.73. The van der Waals surface area contributed by atoms with E-state index in [2.05, 4.69) is 10.3 Å². The molecule has 1 unspecified atom stereocenters. The summed E-state index contributed by atoms with van der Waals surface area (Å²) in [5.41, 5.74) is 5.91. The third kappa shape index (κ3) is 2.32. The molecule has 0 aliphatic heterocycles. The summed E-state index contributed by atoms with van der Waals surface area (Å²) in [5.74, 6) is -0.468. The van der Waals surface area contributed by atoms with Crippen molar-refractivity contribution in [3.05, 3.63) is 60.4 Å². The van der Waals surface area contributed by atoms with Crippen LogP contribution in [0.4, 0.5) is 5.69 Å². The number of hydrogen-bond donors (Lipinski definition) is 2. The highest BCUT2D eigenvalue weighted by Crippen LogP contribution is 2.24. The van der Waals surface area contributed by atoms with E-state index in [9.17, 15) is 4.79 Å². The summed E-state index contributed by atoms with van der Waals surface area (Å²) in [5, 5.41) is 3.13. The van der Waals surface area contributed by atoms with E-state index in [1.807, 2.05) is 36.4 Å². The van der Waals surface area contributed by atoms with Crippen molar-refractivity contribution in [3.8, 4) is 0 Å². The lowest BCUT2D eigenvalue weighted by molar-refractivity contribution is -0.122. The number of rotatable bonds is 4. The van der Waals surface area contributed by atoms with Crippen LogP contribution in [-0.4, -0.2) is 10.9 Å². The maximum Gasteiger partial charge on any atom is 0.249 e. The number of hydrogen-bond acceptors (Lipinski definition) is 3. The average Bonchev–Trinajstić information content (AvgIpc) is 2.40. The number of para-hydroxylation sites is 1. The summed E-state index contributed by atoms with van der Waals surface area (Å²) in [6, 6.07) is 14.9. The molecule has 0 fully saturated rings. The van der Waals surface area contributed by atoms with Gasteiger partial charge in [-0.05, 0) is 31.2 Å². The molecule has 2 rings (SSSR count). The molecule has 0 saturated heterocycles. The zero-order chi connectivity index (χ0) is 13.0. The van der Waals surface area contributed by atoms with Gasteiger partial charge < -0.3 is 11.1 Å².